The lowest BCUT2D eigenvalue weighted by molar-refractivity contribution is -0.167. The van der Waals surface area contributed by atoms with Crippen molar-refractivity contribution in [3.05, 3.63) is 30.3 Å². The van der Waals surface area contributed by atoms with E-state index >= 15 is 0 Å². The van der Waals surface area contributed by atoms with Gasteiger partial charge >= 0.3 is 0 Å². The predicted molar refractivity (Wildman–Crippen MR) is 92.8 cm³/mol. The topological polar surface area (TPSA) is 84.9 Å². The second-order valence-electron chi connectivity index (χ2n) is 6.71. The van der Waals surface area contributed by atoms with Crippen LogP contribution >= 0.6 is 0 Å². The van der Waals surface area contributed by atoms with Gasteiger partial charge in [0, 0.05) is 13.2 Å². The standard InChI is InChI=1S/C17H24N2O5S/c1-25(21,22)18-9-7-14-8-10-24-17(14)12-19(13-17)16(20)11-23-15-5-3-2-4-6-15/h2-6,14,18H,7-13H2,1H3/t14-/m1/s1. The van der Waals surface area contributed by atoms with E-state index in [1.54, 1.807) is 4.90 Å². The van der Waals surface area contributed by atoms with Gasteiger partial charge in [-0.15, -0.1) is 0 Å². The van der Waals surface area contributed by atoms with Gasteiger partial charge in [0.1, 0.15) is 11.4 Å². The first-order valence-electron chi connectivity index (χ1n) is 8.42. The first kappa shape index (κ1) is 18.2. The number of carbonyl (C=O) groups excluding carboxylic acids is 1. The molecule has 138 valence electrons. The minimum atomic E-state index is -3.17. The maximum absolute atomic E-state index is 12.2. The average molecular weight is 368 g/mol. The highest BCUT2D eigenvalue weighted by atomic mass is 32.2. The summed E-state index contributed by atoms with van der Waals surface area (Å²) in [4.78, 5) is 14.0. The Hall–Kier alpha value is -1.64. The van der Waals surface area contributed by atoms with Crippen molar-refractivity contribution in [3.63, 3.8) is 0 Å². The van der Waals surface area contributed by atoms with E-state index in [4.69, 9.17) is 9.47 Å². The molecule has 7 nitrogen and oxygen atoms in total. The highest BCUT2D eigenvalue weighted by Crippen LogP contribution is 2.41. The Balaban J connectivity index is 1.45. The summed E-state index contributed by atoms with van der Waals surface area (Å²) in [5.41, 5.74) is -0.318. The second-order valence-corrected chi connectivity index (χ2v) is 8.54. The van der Waals surface area contributed by atoms with Gasteiger partial charge < -0.3 is 14.4 Å². The minimum Gasteiger partial charge on any atom is -0.484 e. The fraction of sp³-hybridized carbons (Fsp3) is 0.588. The van der Waals surface area contributed by atoms with Gasteiger partial charge in [-0.1, -0.05) is 18.2 Å². The number of carbonyl (C=O) groups is 1. The lowest BCUT2D eigenvalue weighted by Gasteiger charge is -2.50. The summed E-state index contributed by atoms with van der Waals surface area (Å²) in [5, 5.41) is 0. The van der Waals surface area contributed by atoms with Crippen LogP contribution in [-0.2, 0) is 19.6 Å². The summed E-state index contributed by atoms with van der Waals surface area (Å²) < 4.78 is 36.3. The number of rotatable bonds is 7. The zero-order valence-electron chi connectivity index (χ0n) is 14.3. The van der Waals surface area contributed by atoms with Gasteiger partial charge in [0.15, 0.2) is 6.61 Å². The Labute approximate surface area is 148 Å². The lowest BCUT2D eigenvalue weighted by Crippen LogP contribution is -2.66. The van der Waals surface area contributed by atoms with Crippen molar-refractivity contribution < 1.29 is 22.7 Å². The Morgan fingerprint density at radius 2 is 2.08 bits per heavy atom. The van der Waals surface area contributed by atoms with E-state index in [-0.39, 0.29) is 24.0 Å². The molecule has 8 heteroatoms. The van der Waals surface area contributed by atoms with Crippen LogP contribution in [0.4, 0.5) is 0 Å². The third kappa shape index (κ3) is 4.50. The van der Waals surface area contributed by atoms with Crippen LogP contribution in [0.3, 0.4) is 0 Å². The molecule has 0 unspecified atom stereocenters. The van der Waals surface area contributed by atoms with Crippen molar-refractivity contribution in [1.29, 1.82) is 0 Å². The summed E-state index contributed by atoms with van der Waals surface area (Å²) in [6.45, 7) is 2.17. The number of benzene rings is 1. The molecule has 2 fully saturated rings. The fourth-order valence-corrected chi connectivity index (χ4v) is 3.98. The molecule has 0 aliphatic carbocycles. The molecule has 1 aromatic carbocycles. The molecule has 1 amide bonds. The third-order valence-corrected chi connectivity index (χ3v) is 5.56. The van der Waals surface area contributed by atoms with E-state index in [9.17, 15) is 13.2 Å². The quantitative estimate of drug-likeness (QED) is 0.763. The van der Waals surface area contributed by atoms with Crippen LogP contribution in [-0.4, -0.2) is 63.9 Å². The largest absolute Gasteiger partial charge is 0.484 e. The smallest absolute Gasteiger partial charge is 0.260 e. The lowest BCUT2D eigenvalue weighted by atomic mass is 9.79. The molecule has 0 bridgehead atoms. The number of amides is 1. The predicted octanol–water partition coefficient (Wildman–Crippen LogP) is 0.622. The van der Waals surface area contributed by atoms with Gasteiger partial charge in [-0.25, -0.2) is 13.1 Å². The number of hydrogen-bond donors (Lipinski definition) is 1. The van der Waals surface area contributed by atoms with Crippen molar-refractivity contribution in [2.45, 2.75) is 18.4 Å². The fourth-order valence-electron chi connectivity index (χ4n) is 3.49. The van der Waals surface area contributed by atoms with Gasteiger partial charge in [-0.2, -0.15) is 0 Å². The first-order chi connectivity index (χ1) is 11.9. The number of para-hydroxylation sites is 1. The number of sulfonamides is 1. The van der Waals surface area contributed by atoms with Gasteiger partial charge in [-0.3, -0.25) is 4.79 Å². The molecule has 2 aliphatic rings. The molecule has 0 aromatic heterocycles. The SMILES string of the molecule is CS(=O)(=O)NCC[C@@H]1CCOC12CN(C(=O)COc1ccccc1)C2. The molecule has 1 atom stereocenters. The zero-order chi connectivity index (χ0) is 17.9. The molecule has 0 saturated carbocycles. The van der Waals surface area contributed by atoms with Crippen LogP contribution < -0.4 is 9.46 Å². The van der Waals surface area contributed by atoms with E-state index in [1.165, 1.54) is 0 Å². The number of likely N-dealkylation sites (tertiary alicyclic amines) is 1. The molecular weight excluding hydrogens is 344 g/mol. The zero-order valence-corrected chi connectivity index (χ0v) is 15.1. The molecule has 25 heavy (non-hydrogen) atoms. The van der Waals surface area contributed by atoms with Crippen molar-refractivity contribution in [3.8, 4) is 5.75 Å². The highest BCUT2D eigenvalue weighted by Gasteiger charge is 2.54. The maximum atomic E-state index is 12.2. The molecule has 1 N–H and O–H groups in total. The number of nitrogens with zero attached hydrogens (tertiary/aromatic N) is 1. The summed E-state index contributed by atoms with van der Waals surface area (Å²) in [5.74, 6) is 0.881. The van der Waals surface area contributed by atoms with Crippen LogP contribution in [0.1, 0.15) is 12.8 Å². The molecule has 3 rings (SSSR count). The average Bonchev–Trinajstić information content (AvgIpc) is 2.95. The molecule has 2 aliphatic heterocycles. The molecule has 2 saturated heterocycles. The molecular formula is C17H24N2O5S. The Morgan fingerprint density at radius 3 is 2.76 bits per heavy atom. The monoisotopic (exact) mass is 368 g/mol. The summed E-state index contributed by atoms with van der Waals surface area (Å²) in [6.07, 6.45) is 2.77. The van der Waals surface area contributed by atoms with Crippen LogP contribution in [0.5, 0.6) is 5.75 Å². The maximum Gasteiger partial charge on any atom is 0.260 e. The van der Waals surface area contributed by atoms with E-state index < -0.39 is 10.0 Å². The van der Waals surface area contributed by atoms with Gasteiger partial charge in [0.05, 0.1) is 19.3 Å². The van der Waals surface area contributed by atoms with Crippen molar-refractivity contribution in [1.82, 2.24) is 9.62 Å². The molecule has 1 aromatic rings. The molecule has 2 heterocycles. The minimum absolute atomic E-state index is 0.0143. The van der Waals surface area contributed by atoms with E-state index in [0.29, 0.717) is 32.0 Å². The Morgan fingerprint density at radius 1 is 1.36 bits per heavy atom. The number of nitrogens with one attached hydrogen (secondary N) is 1. The summed E-state index contributed by atoms with van der Waals surface area (Å²) in [7, 11) is -3.17. The summed E-state index contributed by atoms with van der Waals surface area (Å²) in [6, 6.07) is 9.25. The Bertz CT molecular complexity index is 701. The number of ether oxygens (including phenoxy) is 2. The van der Waals surface area contributed by atoms with Crippen molar-refractivity contribution in [2.24, 2.45) is 5.92 Å². The van der Waals surface area contributed by atoms with Crippen LogP contribution in [0.25, 0.3) is 0 Å². The summed E-state index contributed by atoms with van der Waals surface area (Å²) >= 11 is 0. The van der Waals surface area contributed by atoms with E-state index in [0.717, 1.165) is 19.1 Å². The van der Waals surface area contributed by atoms with Gasteiger partial charge in [0.2, 0.25) is 10.0 Å². The van der Waals surface area contributed by atoms with E-state index in [2.05, 4.69) is 4.72 Å². The van der Waals surface area contributed by atoms with Gasteiger partial charge in [-0.05, 0) is 30.9 Å². The number of hydrogen-bond acceptors (Lipinski definition) is 5. The Kier molecular flexibility index (Phi) is 5.31. The van der Waals surface area contributed by atoms with Gasteiger partial charge in [0.25, 0.3) is 5.91 Å². The van der Waals surface area contributed by atoms with Crippen LogP contribution in [0.2, 0.25) is 0 Å². The van der Waals surface area contributed by atoms with Crippen LogP contribution in [0, 0.1) is 5.92 Å². The molecule has 1 spiro atoms. The van der Waals surface area contributed by atoms with Crippen LogP contribution in [0.15, 0.2) is 30.3 Å². The van der Waals surface area contributed by atoms with Crippen molar-refractivity contribution >= 4 is 15.9 Å². The van der Waals surface area contributed by atoms with Crippen molar-refractivity contribution in [2.75, 3.05) is 39.1 Å². The third-order valence-electron chi connectivity index (χ3n) is 4.83. The second kappa shape index (κ2) is 7.31. The highest BCUT2D eigenvalue weighted by molar-refractivity contribution is 7.88. The van der Waals surface area contributed by atoms with E-state index in [1.807, 2.05) is 30.3 Å². The first-order valence-corrected chi connectivity index (χ1v) is 10.3. The molecule has 0 radical (unpaired) electrons. The normalized spacial score (nSPS) is 22.0.